The molecular formula is C11H12F3N3O2. The van der Waals surface area contributed by atoms with Crippen LogP contribution in [0.25, 0.3) is 0 Å². The average Bonchev–Trinajstić information content (AvgIpc) is 2.38. The monoisotopic (exact) mass is 275 g/mol. The van der Waals surface area contributed by atoms with Crippen molar-refractivity contribution >= 4 is 11.8 Å². The van der Waals surface area contributed by atoms with E-state index in [9.17, 15) is 18.0 Å². The van der Waals surface area contributed by atoms with Crippen LogP contribution in [0.2, 0.25) is 0 Å². The van der Waals surface area contributed by atoms with E-state index in [1.54, 1.807) is 4.90 Å². The maximum Gasteiger partial charge on any atom is 0.434 e. The molecule has 0 aliphatic carbocycles. The molecule has 1 saturated heterocycles. The third kappa shape index (κ3) is 2.95. The van der Waals surface area contributed by atoms with Crippen LogP contribution in [-0.4, -0.2) is 42.2 Å². The number of carbonyl (C=O) groups is 1. The highest BCUT2D eigenvalue weighted by atomic mass is 19.4. The number of piperazine rings is 1. The van der Waals surface area contributed by atoms with Crippen molar-refractivity contribution in [3.63, 3.8) is 0 Å². The number of carboxylic acid groups (broad SMARTS) is 1. The Bertz CT molecular complexity index is 485. The first-order chi connectivity index (χ1) is 8.89. The molecule has 2 rings (SSSR count). The Morgan fingerprint density at radius 1 is 1.32 bits per heavy atom. The van der Waals surface area contributed by atoms with E-state index in [2.05, 4.69) is 10.3 Å². The summed E-state index contributed by atoms with van der Waals surface area (Å²) in [6.07, 6.45) is -4.78. The fraction of sp³-hybridized carbons (Fsp3) is 0.455. The van der Waals surface area contributed by atoms with Gasteiger partial charge in [0.2, 0.25) is 0 Å². The summed E-state index contributed by atoms with van der Waals surface area (Å²) >= 11 is 0. The van der Waals surface area contributed by atoms with Gasteiger partial charge in [-0.3, -0.25) is 0 Å². The van der Waals surface area contributed by atoms with Gasteiger partial charge in [-0.1, -0.05) is 0 Å². The molecule has 2 N–H and O–H groups in total. The fourth-order valence-corrected chi connectivity index (χ4v) is 1.91. The lowest BCUT2D eigenvalue weighted by atomic mass is 10.2. The molecule has 2 heterocycles. The van der Waals surface area contributed by atoms with Gasteiger partial charge >= 0.3 is 12.1 Å². The van der Waals surface area contributed by atoms with Gasteiger partial charge in [0.1, 0.15) is 5.82 Å². The fourth-order valence-electron chi connectivity index (χ4n) is 1.91. The molecule has 1 aromatic heterocycles. The van der Waals surface area contributed by atoms with Crippen molar-refractivity contribution < 1.29 is 23.1 Å². The number of nitrogens with zero attached hydrogens (tertiary/aromatic N) is 2. The molecule has 0 saturated carbocycles. The van der Waals surface area contributed by atoms with Gasteiger partial charge in [0.05, 0.1) is 5.56 Å². The lowest BCUT2D eigenvalue weighted by Crippen LogP contribution is -2.44. The van der Waals surface area contributed by atoms with Crippen LogP contribution in [0.15, 0.2) is 12.1 Å². The summed E-state index contributed by atoms with van der Waals surface area (Å²) in [7, 11) is 0. The van der Waals surface area contributed by atoms with Crippen LogP contribution in [-0.2, 0) is 6.18 Å². The molecule has 8 heteroatoms. The minimum Gasteiger partial charge on any atom is -0.478 e. The number of nitrogens with one attached hydrogen (secondary N) is 1. The summed E-state index contributed by atoms with van der Waals surface area (Å²) in [5.74, 6) is -1.48. The SMILES string of the molecule is O=C(O)c1ccc(N2CCNCC2)nc1C(F)(F)F. The standard InChI is InChI=1S/C11H12F3N3O2/c12-11(13,14)9-7(10(18)19)1-2-8(16-9)17-5-3-15-4-6-17/h1-2,15H,3-6H2,(H,18,19). The Morgan fingerprint density at radius 3 is 2.47 bits per heavy atom. The summed E-state index contributed by atoms with van der Waals surface area (Å²) in [6, 6.07) is 2.26. The number of halogens is 3. The summed E-state index contributed by atoms with van der Waals surface area (Å²) in [6.45, 7) is 2.39. The second-order valence-corrected chi connectivity index (χ2v) is 4.11. The molecule has 0 radical (unpaired) electrons. The quantitative estimate of drug-likeness (QED) is 0.849. The van der Waals surface area contributed by atoms with Crippen molar-refractivity contribution in [2.75, 3.05) is 31.1 Å². The highest BCUT2D eigenvalue weighted by molar-refractivity contribution is 5.89. The number of aromatic nitrogens is 1. The normalized spacial score (nSPS) is 16.5. The van der Waals surface area contributed by atoms with E-state index >= 15 is 0 Å². The first kappa shape index (κ1) is 13.6. The molecule has 104 valence electrons. The molecule has 0 aromatic carbocycles. The number of anilines is 1. The Kier molecular flexibility index (Phi) is 3.61. The van der Waals surface area contributed by atoms with E-state index in [1.165, 1.54) is 6.07 Å². The van der Waals surface area contributed by atoms with Crippen molar-refractivity contribution in [2.24, 2.45) is 0 Å². The number of rotatable bonds is 2. The number of alkyl halides is 3. The Labute approximate surface area is 107 Å². The average molecular weight is 275 g/mol. The van der Waals surface area contributed by atoms with Crippen LogP contribution in [0.1, 0.15) is 16.1 Å². The van der Waals surface area contributed by atoms with Crippen LogP contribution >= 0.6 is 0 Å². The highest BCUT2D eigenvalue weighted by Crippen LogP contribution is 2.32. The third-order valence-electron chi connectivity index (χ3n) is 2.82. The molecular weight excluding hydrogens is 263 g/mol. The van der Waals surface area contributed by atoms with Gasteiger partial charge in [-0.15, -0.1) is 0 Å². The van der Waals surface area contributed by atoms with Gasteiger partial charge < -0.3 is 15.3 Å². The van der Waals surface area contributed by atoms with Crippen LogP contribution < -0.4 is 10.2 Å². The lowest BCUT2D eigenvalue weighted by molar-refractivity contribution is -0.141. The van der Waals surface area contributed by atoms with Crippen molar-refractivity contribution in [1.29, 1.82) is 0 Å². The zero-order valence-electron chi connectivity index (χ0n) is 9.87. The number of pyridine rings is 1. The third-order valence-corrected chi connectivity index (χ3v) is 2.82. The maximum atomic E-state index is 12.8. The molecule has 0 spiro atoms. The molecule has 1 aliphatic heterocycles. The zero-order chi connectivity index (χ0) is 14.0. The summed E-state index contributed by atoms with van der Waals surface area (Å²) < 4.78 is 38.4. The Morgan fingerprint density at radius 2 is 1.95 bits per heavy atom. The van der Waals surface area contributed by atoms with E-state index in [0.29, 0.717) is 26.2 Å². The first-order valence-electron chi connectivity index (χ1n) is 5.67. The minimum atomic E-state index is -4.78. The predicted molar refractivity (Wildman–Crippen MR) is 61.3 cm³/mol. The molecule has 0 atom stereocenters. The Hall–Kier alpha value is -1.83. The highest BCUT2D eigenvalue weighted by Gasteiger charge is 2.38. The first-order valence-corrected chi connectivity index (χ1v) is 5.67. The van der Waals surface area contributed by atoms with E-state index < -0.39 is 23.4 Å². The molecule has 0 unspecified atom stereocenters. The minimum absolute atomic E-state index is 0.152. The van der Waals surface area contributed by atoms with Crippen LogP contribution in [0.5, 0.6) is 0 Å². The molecule has 19 heavy (non-hydrogen) atoms. The second kappa shape index (κ2) is 5.04. The van der Waals surface area contributed by atoms with Crippen LogP contribution in [0, 0.1) is 0 Å². The summed E-state index contributed by atoms with van der Waals surface area (Å²) in [5.41, 5.74) is -2.18. The molecule has 1 fully saturated rings. The van der Waals surface area contributed by atoms with Crippen molar-refractivity contribution in [3.8, 4) is 0 Å². The number of carboxylic acids is 1. The van der Waals surface area contributed by atoms with Gasteiger partial charge in [0.25, 0.3) is 0 Å². The second-order valence-electron chi connectivity index (χ2n) is 4.11. The van der Waals surface area contributed by atoms with Crippen LogP contribution in [0.4, 0.5) is 19.0 Å². The molecule has 5 nitrogen and oxygen atoms in total. The largest absolute Gasteiger partial charge is 0.478 e. The maximum absolute atomic E-state index is 12.8. The Balaban J connectivity index is 2.40. The number of hydrogen-bond acceptors (Lipinski definition) is 4. The van der Waals surface area contributed by atoms with E-state index in [-0.39, 0.29) is 5.82 Å². The molecule has 0 amide bonds. The van der Waals surface area contributed by atoms with Gasteiger partial charge in [0, 0.05) is 26.2 Å². The van der Waals surface area contributed by atoms with E-state index in [0.717, 1.165) is 6.07 Å². The number of hydrogen-bond donors (Lipinski definition) is 2. The molecule has 1 aliphatic rings. The summed E-state index contributed by atoms with van der Waals surface area (Å²) in [4.78, 5) is 16.0. The topological polar surface area (TPSA) is 65.5 Å². The molecule has 0 bridgehead atoms. The smallest absolute Gasteiger partial charge is 0.434 e. The molecule has 1 aromatic rings. The van der Waals surface area contributed by atoms with Crippen molar-refractivity contribution in [3.05, 3.63) is 23.4 Å². The zero-order valence-corrected chi connectivity index (χ0v) is 9.87. The van der Waals surface area contributed by atoms with Gasteiger partial charge in [-0.2, -0.15) is 13.2 Å². The van der Waals surface area contributed by atoms with Crippen molar-refractivity contribution in [2.45, 2.75) is 6.18 Å². The van der Waals surface area contributed by atoms with Gasteiger partial charge in [0.15, 0.2) is 5.69 Å². The van der Waals surface area contributed by atoms with Gasteiger partial charge in [-0.05, 0) is 12.1 Å². The number of aromatic carboxylic acids is 1. The van der Waals surface area contributed by atoms with E-state index in [1.807, 2.05) is 0 Å². The summed E-state index contributed by atoms with van der Waals surface area (Å²) in [5, 5.41) is 11.8. The predicted octanol–water partition coefficient (Wildman–Crippen LogP) is 1.21. The van der Waals surface area contributed by atoms with Crippen molar-refractivity contribution in [1.82, 2.24) is 10.3 Å². The van der Waals surface area contributed by atoms with Gasteiger partial charge in [-0.25, -0.2) is 9.78 Å². The van der Waals surface area contributed by atoms with E-state index in [4.69, 9.17) is 5.11 Å². The van der Waals surface area contributed by atoms with Crippen LogP contribution in [0.3, 0.4) is 0 Å². The lowest BCUT2D eigenvalue weighted by Gasteiger charge is -2.29.